The Bertz CT molecular complexity index is 1030. The minimum absolute atomic E-state index is 0. The third kappa shape index (κ3) is 3.37. The molecule has 2 N–H and O–H groups in total. The van der Waals surface area contributed by atoms with Crippen molar-refractivity contribution in [2.45, 2.75) is 7.43 Å². The zero-order chi connectivity index (χ0) is 16.9. The molecule has 0 saturated carbocycles. The number of nitrogens with zero attached hydrogens (tertiary/aromatic N) is 1. The van der Waals surface area contributed by atoms with Crippen LogP contribution in [0.3, 0.4) is 0 Å². The number of nitrogens with one attached hydrogen (secondary N) is 2. The molecule has 6 nitrogen and oxygen atoms in total. The van der Waals surface area contributed by atoms with Gasteiger partial charge in [0.1, 0.15) is 5.69 Å². The van der Waals surface area contributed by atoms with Crippen molar-refractivity contribution in [1.29, 1.82) is 0 Å². The highest BCUT2D eigenvalue weighted by molar-refractivity contribution is 6.04. The first-order valence-corrected chi connectivity index (χ1v) is 7.17. The molecule has 0 saturated heterocycles. The lowest BCUT2D eigenvalue weighted by Crippen LogP contribution is -1.85. The van der Waals surface area contributed by atoms with Gasteiger partial charge >= 0.3 is 0 Å². The molecule has 0 unspecified atom stereocenters. The largest absolute Gasteiger partial charge is 0.361 e. The SMILES string of the molecule is C.O=Cc1cccc2[nH]ccc12.O=Cc1cccc2n[nH]c(C=O)c12. The number of carbonyl (C=O) groups excluding carboxylic acids is 3. The van der Waals surface area contributed by atoms with Crippen LogP contribution in [0.1, 0.15) is 38.6 Å². The van der Waals surface area contributed by atoms with Gasteiger partial charge in [-0.05, 0) is 18.2 Å². The second-order valence-corrected chi connectivity index (χ2v) is 5.02. The number of aldehydes is 3. The van der Waals surface area contributed by atoms with E-state index in [4.69, 9.17) is 0 Å². The lowest BCUT2D eigenvalue weighted by molar-refractivity contribution is 0.111. The number of aromatic nitrogens is 3. The first kappa shape index (κ1) is 17.8. The number of hydrogen-bond donors (Lipinski definition) is 2. The van der Waals surface area contributed by atoms with Crippen LogP contribution in [-0.2, 0) is 0 Å². The van der Waals surface area contributed by atoms with Gasteiger partial charge in [0.25, 0.3) is 0 Å². The summed E-state index contributed by atoms with van der Waals surface area (Å²) in [6.45, 7) is 0. The normalized spacial score (nSPS) is 9.76. The molecule has 0 fully saturated rings. The second-order valence-electron chi connectivity index (χ2n) is 5.02. The van der Waals surface area contributed by atoms with Crippen molar-refractivity contribution in [2.75, 3.05) is 0 Å². The van der Waals surface area contributed by atoms with Crippen LogP contribution in [0.4, 0.5) is 0 Å². The fourth-order valence-corrected chi connectivity index (χ4v) is 2.52. The van der Waals surface area contributed by atoms with Crippen LogP contribution in [0, 0.1) is 0 Å². The van der Waals surface area contributed by atoms with Crippen LogP contribution in [0.15, 0.2) is 48.7 Å². The number of hydrogen-bond acceptors (Lipinski definition) is 4. The van der Waals surface area contributed by atoms with Gasteiger partial charge < -0.3 is 4.98 Å². The van der Waals surface area contributed by atoms with Crippen molar-refractivity contribution in [3.05, 3.63) is 65.5 Å². The van der Waals surface area contributed by atoms with E-state index < -0.39 is 0 Å². The summed E-state index contributed by atoms with van der Waals surface area (Å²) in [6.07, 6.45) is 4.07. The number of fused-ring (bicyclic) bond motifs is 2. The molecule has 0 atom stereocenters. The third-order valence-electron chi connectivity index (χ3n) is 3.64. The monoisotopic (exact) mass is 335 g/mol. The molecule has 25 heavy (non-hydrogen) atoms. The zero-order valence-corrected chi connectivity index (χ0v) is 12.5. The number of carbonyl (C=O) groups is 3. The van der Waals surface area contributed by atoms with Crippen LogP contribution in [0.2, 0.25) is 0 Å². The summed E-state index contributed by atoms with van der Waals surface area (Å²) < 4.78 is 0. The standard InChI is InChI=1S/C9H6N2O2.C9H7NO.CH4/c12-4-6-2-1-3-7-9(6)8(5-13)11-10-7;11-6-7-2-1-3-9-8(7)4-5-10-9;/h1-5H,(H,10,11);1-6,10H;1H4. The maximum atomic E-state index is 10.6. The zero-order valence-electron chi connectivity index (χ0n) is 12.5. The van der Waals surface area contributed by atoms with Crippen LogP contribution < -0.4 is 0 Å². The highest BCUT2D eigenvalue weighted by atomic mass is 16.1. The molecule has 2 aromatic heterocycles. The van der Waals surface area contributed by atoms with Crippen LogP contribution in [0.5, 0.6) is 0 Å². The van der Waals surface area contributed by atoms with Crippen LogP contribution >= 0.6 is 0 Å². The van der Waals surface area contributed by atoms with Crippen LogP contribution in [-0.4, -0.2) is 34.0 Å². The molecule has 2 heterocycles. The maximum Gasteiger partial charge on any atom is 0.168 e. The topological polar surface area (TPSA) is 95.7 Å². The van der Waals surface area contributed by atoms with Crippen LogP contribution in [0.25, 0.3) is 21.8 Å². The molecule has 4 aromatic rings. The fourth-order valence-electron chi connectivity index (χ4n) is 2.52. The van der Waals surface area contributed by atoms with Crippen molar-refractivity contribution < 1.29 is 14.4 Å². The van der Waals surface area contributed by atoms with Gasteiger partial charge in [-0.3, -0.25) is 19.5 Å². The van der Waals surface area contributed by atoms with Crippen molar-refractivity contribution in [1.82, 2.24) is 15.2 Å². The Labute approximate surface area is 143 Å². The molecule has 0 radical (unpaired) electrons. The highest BCUT2D eigenvalue weighted by Crippen LogP contribution is 2.17. The van der Waals surface area contributed by atoms with E-state index in [0.717, 1.165) is 22.8 Å². The van der Waals surface area contributed by atoms with E-state index in [1.54, 1.807) is 18.2 Å². The Balaban J connectivity index is 0.000000175. The Morgan fingerprint density at radius 1 is 0.840 bits per heavy atom. The van der Waals surface area contributed by atoms with Gasteiger partial charge in [-0.15, -0.1) is 0 Å². The molecule has 126 valence electrons. The average molecular weight is 335 g/mol. The van der Waals surface area contributed by atoms with Gasteiger partial charge in [0.2, 0.25) is 0 Å². The Morgan fingerprint density at radius 2 is 1.56 bits per heavy atom. The summed E-state index contributed by atoms with van der Waals surface area (Å²) in [7, 11) is 0. The molecular weight excluding hydrogens is 318 g/mol. The van der Waals surface area contributed by atoms with Gasteiger partial charge in [0.15, 0.2) is 18.9 Å². The molecule has 0 aliphatic rings. The quantitative estimate of drug-likeness (QED) is 0.557. The number of rotatable bonds is 3. The maximum absolute atomic E-state index is 10.6. The fraction of sp³-hybridized carbons (Fsp3) is 0.0526. The van der Waals surface area contributed by atoms with E-state index in [1.165, 1.54) is 0 Å². The first-order chi connectivity index (χ1) is 11.8. The molecule has 0 spiro atoms. The van der Waals surface area contributed by atoms with Gasteiger partial charge in [-0.25, -0.2) is 0 Å². The van der Waals surface area contributed by atoms with E-state index in [2.05, 4.69) is 15.2 Å². The van der Waals surface area contributed by atoms with Crippen molar-refractivity contribution in [2.24, 2.45) is 0 Å². The summed E-state index contributed by atoms with van der Waals surface area (Å²) in [5, 5.41) is 8.02. The van der Waals surface area contributed by atoms with E-state index in [1.807, 2.05) is 30.5 Å². The number of H-pyrrole nitrogens is 2. The highest BCUT2D eigenvalue weighted by Gasteiger charge is 2.07. The second kappa shape index (κ2) is 7.83. The Kier molecular flexibility index (Phi) is 5.58. The van der Waals surface area contributed by atoms with Gasteiger partial charge in [-0.1, -0.05) is 31.7 Å². The average Bonchev–Trinajstić information content (AvgIpc) is 3.28. The third-order valence-corrected chi connectivity index (χ3v) is 3.64. The van der Waals surface area contributed by atoms with Crippen molar-refractivity contribution >= 4 is 40.7 Å². The minimum Gasteiger partial charge on any atom is -0.361 e. The molecule has 0 bridgehead atoms. The number of benzene rings is 2. The molecule has 6 heteroatoms. The lowest BCUT2D eigenvalue weighted by atomic mass is 10.1. The Morgan fingerprint density at radius 3 is 2.28 bits per heavy atom. The predicted molar refractivity (Wildman–Crippen MR) is 97.3 cm³/mol. The summed E-state index contributed by atoms with van der Waals surface area (Å²) in [6, 6.07) is 12.6. The molecular formula is C19H17N3O3. The molecule has 0 aliphatic heterocycles. The first-order valence-electron chi connectivity index (χ1n) is 7.17. The van der Waals surface area contributed by atoms with Crippen molar-refractivity contribution in [3.63, 3.8) is 0 Å². The van der Waals surface area contributed by atoms with E-state index in [-0.39, 0.29) is 7.43 Å². The van der Waals surface area contributed by atoms with Gasteiger partial charge in [0.05, 0.1) is 5.52 Å². The summed E-state index contributed by atoms with van der Waals surface area (Å²) in [5.74, 6) is 0. The predicted octanol–water partition coefficient (Wildman–Crippen LogP) is 3.80. The minimum atomic E-state index is 0. The summed E-state index contributed by atoms with van der Waals surface area (Å²) in [5.41, 5.74) is 3.20. The lowest BCUT2D eigenvalue weighted by Gasteiger charge is -1.92. The molecule has 4 rings (SSSR count). The van der Waals surface area contributed by atoms with Gasteiger partial charge in [0, 0.05) is 33.6 Å². The van der Waals surface area contributed by atoms with E-state index in [9.17, 15) is 14.4 Å². The number of aromatic amines is 2. The molecule has 0 amide bonds. The van der Waals surface area contributed by atoms with Gasteiger partial charge in [-0.2, -0.15) is 5.10 Å². The molecule has 0 aliphatic carbocycles. The van der Waals surface area contributed by atoms with E-state index in [0.29, 0.717) is 34.7 Å². The Hall–Kier alpha value is -3.54. The smallest absolute Gasteiger partial charge is 0.168 e. The summed E-state index contributed by atoms with van der Waals surface area (Å²) >= 11 is 0. The molecule has 2 aromatic carbocycles. The van der Waals surface area contributed by atoms with E-state index >= 15 is 0 Å². The summed E-state index contributed by atoms with van der Waals surface area (Å²) in [4.78, 5) is 34.7. The van der Waals surface area contributed by atoms with Crippen molar-refractivity contribution in [3.8, 4) is 0 Å².